The van der Waals surface area contributed by atoms with Crippen molar-refractivity contribution < 1.29 is 0 Å². The van der Waals surface area contributed by atoms with Crippen LogP contribution in [0.15, 0.2) is 21.6 Å². The van der Waals surface area contributed by atoms with Gasteiger partial charge in [-0.1, -0.05) is 11.3 Å². The monoisotopic (exact) mass is 238 g/mol. The minimum atomic E-state index is 0.716. The first-order valence-corrected chi connectivity index (χ1v) is 5.98. The zero-order valence-electron chi connectivity index (χ0n) is 8.39. The van der Waals surface area contributed by atoms with E-state index in [4.69, 9.17) is 5.73 Å². The molecule has 0 aliphatic carbocycles. The van der Waals surface area contributed by atoms with Gasteiger partial charge in [0.25, 0.3) is 0 Å². The van der Waals surface area contributed by atoms with E-state index in [0.29, 0.717) is 5.69 Å². The van der Waals surface area contributed by atoms with Gasteiger partial charge in [-0.25, -0.2) is 4.98 Å². The van der Waals surface area contributed by atoms with Crippen molar-refractivity contribution in [3.63, 3.8) is 0 Å². The van der Waals surface area contributed by atoms with E-state index in [2.05, 4.69) is 15.2 Å². The molecule has 0 saturated carbocycles. The Morgan fingerprint density at radius 3 is 2.73 bits per heavy atom. The van der Waals surface area contributed by atoms with Gasteiger partial charge in [0.2, 0.25) is 0 Å². The number of nitrogens with two attached hydrogens (primary N) is 1. The van der Waals surface area contributed by atoms with Gasteiger partial charge in [-0.3, -0.25) is 0 Å². The lowest BCUT2D eigenvalue weighted by atomic mass is 10.3. The summed E-state index contributed by atoms with van der Waals surface area (Å²) in [5.74, 6) is 0. The maximum Gasteiger partial charge on any atom is 0.180 e. The van der Waals surface area contributed by atoms with E-state index in [-0.39, 0.29) is 0 Å². The molecule has 4 nitrogen and oxygen atoms in total. The molecule has 2 heterocycles. The fourth-order valence-corrected chi connectivity index (χ4v) is 2.81. The highest BCUT2D eigenvalue weighted by Gasteiger charge is 2.05. The molecular formula is C9H10N4S2. The third-order valence-corrected chi connectivity index (χ3v) is 3.65. The first-order chi connectivity index (χ1) is 7.15. The Morgan fingerprint density at radius 2 is 2.13 bits per heavy atom. The number of anilines is 1. The molecule has 0 atom stereocenters. The van der Waals surface area contributed by atoms with E-state index in [9.17, 15) is 0 Å². The number of nitrogen functional groups attached to an aromatic ring is 1. The predicted molar refractivity (Wildman–Crippen MR) is 62.2 cm³/mol. The minimum Gasteiger partial charge on any atom is -0.397 e. The normalized spacial score (nSPS) is 10.5. The number of hydrogen-bond donors (Lipinski definition) is 1. The molecule has 0 radical (unpaired) electrons. The van der Waals surface area contributed by atoms with E-state index in [1.165, 1.54) is 11.8 Å². The molecule has 2 N–H and O–H groups in total. The molecule has 2 aromatic rings. The lowest BCUT2D eigenvalue weighted by Crippen LogP contribution is -1.91. The number of rotatable bonds is 2. The predicted octanol–water partition coefficient (Wildman–Crippen LogP) is 2.28. The van der Waals surface area contributed by atoms with Crippen LogP contribution in [0, 0.1) is 13.8 Å². The van der Waals surface area contributed by atoms with Crippen LogP contribution in [0.5, 0.6) is 0 Å². The van der Waals surface area contributed by atoms with Crippen LogP contribution in [0.1, 0.15) is 10.6 Å². The zero-order valence-corrected chi connectivity index (χ0v) is 10.0. The van der Waals surface area contributed by atoms with Crippen molar-refractivity contribution >= 4 is 28.8 Å². The van der Waals surface area contributed by atoms with Crippen LogP contribution in [0.2, 0.25) is 0 Å². The molecule has 2 rings (SSSR count). The molecule has 0 amide bonds. The summed E-state index contributed by atoms with van der Waals surface area (Å²) in [5.41, 5.74) is 7.44. The second-order valence-corrected chi connectivity index (χ2v) is 5.52. The van der Waals surface area contributed by atoms with Crippen molar-refractivity contribution in [2.45, 2.75) is 23.2 Å². The zero-order chi connectivity index (χ0) is 10.8. The van der Waals surface area contributed by atoms with Crippen molar-refractivity contribution in [1.29, 1.82) is 0 Å². The maximum atomic E-state index is 5.69. The van der Waals surface area contributed by atoms with Gasteiger partial charge >= 0.3 is 0 Å². The van der Waals surface area contributed by atoms with Crippen molar-refractivity contribution in [2.75, 3.05) is 5.73 Å². The van der Waals surface area contributed by atoms with Crippen molar-refractivity contribution in [1.82, 2.24) is 15.2 Å². The van der Waals surface area contributed by atoms with Gasteiger partial charge in [0.1, 0.15) is 10.0 Å². The van der Waals surface area contributed by atoms with E-state index >= 15 is 0 Å². The molecular weight excluding hydrogens is 228 g/mol. The molecule has 0 saturated heterocycles. The van der Waals surface area contributed by atoms with Gasteiger partial charge in [-0.05, 0) is 37.2 Å². The van der Waals surface area contributed by atoms with E-state index in [1.807, 2.05) is 19.9 Å². The lowest BCUT2D eigenvalue weighted by molar-refractivity contribution is 0.980. The summed E-state index contributed by atoms with van der Waals surface area (Å²) >= 11 is 3.07. The summed E-state index contributed by atoms with van der Waals surface area (Å²) in [6, 6.07) is 1.96. The second kappa shape index (κ2) is 4.16. The van der Waals surface area contributed by atoms with Crippen LogP contribution in [0.25, 0.3) is 0 Å². The van der Waals surface area contributed by atoms with Crippen molar-refractivity contribution in [2.24, 2.45) is 0 Å². The quantitative estimate of drug-likeness (QED) is 0.869. The summed E-state index contributed by atoms with van der Waals surface area (Å²) in [6.45, 7) is 3.90. The molecule has 0 aromatic carbocycles. The maximum absolute atomic E-state index is 5.69. The molecule has 0 unspecified atom stereocenters. The van der Waals surface area contributed by atoms with Crippen LogP contribution in [-0.2, 0) is 0 Å². The van der Waals surface area contributed by atoms with Crippen molar-refractivity contribution in [3.8, 4) is 0 Å². The van der Waals surface area contributed by atoms with Crippen LogP contribution in [-0.4, -0.2) is 15.2 Å². The summed E-state index contributed by atoms with van der Waals surface area (Å²) in [5, 5.41) is 9.83. The van der Waals surface area contributed by atoms with E-state index < -0.39 is 0 Å². The number of pyridine rings is 1. The highest BCUT2D eigenvalue weighted by atomic mass is 32.2. The van der Waals surface area contributed by atoms with Crippen molar-refractivity contribution in [3.05, 3.63) is 22.8 Å². The Bertz CT molecular complexity index is 481. The molecule has 0 spiro atoms. The average Bonchev–Trinajstić information content (AvgIpc) is 2.58. The molecule has 6 heteroatoms. The highest BCUT2D eigenvalue weighted by molar-refractivity contribution is 8.01. The lowest BCUT2D eigenvalue weighted by Gasteiger charge is -2.00. The van der Waals surface area contributed by atoms with Gasteiger partial charge in [0.15, 0.2) is 4.34 Å². The van der Waals surface area contributed by atoms with Gasteiger partial charge in [-0.15, -0.1) is 10.2 Å². The summed E-state index contributed by atoms with van der Waals surface area (Å²) in [4.78, 5) is 4.22. The molecule has 0 aliphatic rings. The SMILES string of the molecule is Cc1nnc(Sc2cc(C)c(N)cn2)s1. The van der Waals surface area contributed by atoms with Crippen LogP contribution in [0.4, 0.5) is 5.69 Å². The fourth-order valence-electron chi connectivity index (χ4n) is 1.01. The van der Waals surface area contributed by atoms with E-state index in [1.54, 1.807) is 17.5 Å². The van der Waals surface area contributed by atoms with Gasteiger partial charge in [0, 0.05) is 0 Å². The Hall–Kier alpha value is -1.14. The summed E-state index contributed by atoms with van der Waals surface area (Å²) in [7, 11) is 0. The molecule has 0 aliphatic heterocycles. The number of aromatic nitrogens is 3. The Kier molecular flexibility index (Phi) is 2.88. The number of hydrogen-bond acceptors (Lipinski definition) is 6. The Morgan fingerprint density at radius 1 is 1.33 bits per heavy atom. The molecule has 2 aromatic heterocycles. The first kappa shape index (κ1) is 10.4. The minimum absolute atomic E-state index is 0.716. The Labute approximate surface area is 95.9 Å². The number of nitrogens with zero attached hydrogens (tertiary/aromatic N) is 3. The topological polar surface area (TPSA) is 64.7 Å². The largest absolute Gasteiger partial charge is 0.397 e. The van der Waals surface area contributed by atoms with Gasteiger partial charge in [0.05, 0.1) is 11.9 Å². The Balaban J connectivity index is 2.21. The molecule has 15 heavy (non-hydrogen) atoms. The van der Waals surface area contributed by atoms with Gasteiger partial charge < -0.3 is 5.73 Å². The first-order valence-electron chi connectivity index (χ1n) is 4.35. The molecule has 0 bridgehead atoms. The second-order valence-electron chi connectivity index (χ2n) is 3.07. The van der Waals surface area contributed by atoms with Crippen LogP contribution < -0.4 is 5.73 Å². The standard InChI is InChI=1S/C9H10N4S2/c1-5-3-8(11-4-7(5)10)15-9-13-12-6(2)14-9/h3-4H,10H2,1-2H3. The summed E-state index contributed by atoms with van der Waals surface area (Å²) in [6.07, 6.45) is 1.67. The fraction of sp³-hybridized carbons (Fsp3) is 0.222. The smallest absolute Gasteiger partial charge is 0.180 e. The number of aryl methyl sites for hydroxylation is 2. The molecule has 78 valence electrons. The molecule has 0 fully saturated rings. The average molecular weight is 238 g/mol. The van der Waals surface area contributed by atoms with Crippen LogP contribution >= 0.6 is 23.1 Å². The van der Waals surface area contributed by atoms with E-state index in [0.717, 1.165) is 19.9 Å². The summed E-state index contributed by atoms with van der Waals surface area (Å²) < 4.78 is 0.907. The van der Waals surface area contributed by atoms with Gasteiger partial charge in [-0.2, -0.15) is 0 Å². The third-order valence-electron chi connectivity index (χ3n) is 1.83. The third kappa shape index (κ3) is 2.45. The highest BCUT2D eigenvalue weighted by Crippen LogP contribution is 2.29. The van der Waals surface area contributed by atoms with Crippen LogP contribution in [0.3, 0.4) is 0 Å².